The summed E-state index contributed by atoms with van der Waals surface area (Å²) < 4.78 is 11.2. The number of rotatable bonds is 7. The average molecular weight is 508 g/mol. The normalized spacial score (nSPS) is 14.6. The van der Waals surface area contributed by atoms with Crippen LogP contribution in [0.25, 0.3) is 6.08 Å². The van der Waals surface area contributed by atoms with Crippen LogP contribution in [0.15, 0.2) is 72.3 Å². The van der Waals surface area contributed by atoms with Crippen LogP contribution in [0.2, 0.25) is 5.02 Å². The highest BCUT2D eigenvalue weighted by atomic mass is 35.5. The van der Waals surface area contributed by atoms with Gasteiger partial charge in [0.25, 0.3) is 17.5 Å². The fourth-order valence-corrected chi connectivity index (χ4v) is 3.68. The number of non-ortho nitro benzene ring substituents is 1. The van der Waals surface area contributed by atoms with Gasteiger partial charge in [-0.2, -0.15) is 0 Å². The highest BCUT2D eigenvalue weighted by Gasteiger charge is 2.37. The van der Waals surface area contributed by atoms with Crippen molar-refractivity contribution in [2.24, 2.45) is 0 Å². The Bertz CT molecular complexity index is 1400. The molecule has 0 bridgehead atoms. The number of hydrogen-bond acceptors (Lipinski definition) is 7. The summed E-state index contributed by atoms with van der Waals surface area (Å²) in [7, 11) is 1.45. The van der Waals surface area contributed by atoms with Crippen LogP contribution in [0.5, 0.6) is 11.5 Å². The topological polar surface area (TPSA) is 128 Å². The number of nitrogens with one attached hydrogen (secondary N) is 1. The van der Waals surface area contributed by atoms with Crippen molar-refractivity contribution in [3.63, 3.8) is 0 Å². The van der Waals surface area contributed by atoms with Crippen molar-refractivity contribution in [2.45, 2.75) is 6.61 Å². The monoisotopic (exact) mass is 507 g/mol. The zero-order chi connectivity index (χ0) is 25.8. The third kappa shape index (κ3) is 5.18. The van der Waals surface area contributed by atoms with Crippen LogP contribution in [0, 0.1) is 10.1 Å². The van der Waals surface area contributed by atoms with Gasteiger partial charge < -0.3 is 9.47 Å². The van der Waals surface area contributed by atoms with E-state index in [9.17, 15) is 24.5 Å². The second-order valence-corrected chi connectivity index (χ2v) is 8.00. The first-order valence-corrected chi connectivity index (χ1v) is 10.9. The maximum Gasteiger partial charge on any atom is 0.335 e. The maximum atomic E-state index is 13.1. The molecule has 10 nitrogen and oxygen atoms in total. The highest BCUT2D eigenvalue weighted by Crippen LogP contribution is 2.31. The van der Waals surface area contributed by atoms with Crippen LogP contribution in [0.3, 0.4) is 0 Å². The lowest BCUT2D eigenvalue weighted by Gasteiger charge is -2.26. The van der Waals surface area contributed by atoms with Crippen molar-refractivity contribution in [3.8, 4) is 11.5 Å². The molecule has 182 valence electrons. The number of benzene rings is 3. The molecule has 1 N–H and O–H groups in total. The van der Waals surface area contributed by atoms with Crippen LogP contribution < -0.4 is 19.7 Å². The molecule has 0 spiro atoms. The number of amides is 4. The second-order valence-electron chi connectivity index (χ2n) is 7.56. The molecule has 0 atom stereocenters. The van der Waals surface area contributed by atoms with E-state index < -0.39 is 22.8 Å². The van der Waals surface area contributed by atoms with E-state index in [2.05, 4.69) is 5.32 Å². The smallest absolute Gasteiger partial charge is 0.335 e. The molecule has 0 unspecified atom stereocenters. The summed E-state index contributed by atoms with van der Waals surface area (Å²) >= 11 is 6.00. The van der Waals surface area contributed by atoms with E-state index >= 15 is 0 Å². The van der Waals surface area contributed by atoms with Gasteiger partial charge in [-0.3, -0.25) is 25.0 Å². The Hall–Kier alpha value is -4.70. The minimum atomic E-state index is -0.960. The molecule has 0 aliphatic carbocycles. The number of hydrogen-bond donors (Lipinski definition) is 1. The van der Waals surface area contributed by atoms with E-state index in [0.717, 1.165) is 22.6 Å². The Labute approximate surface area is 209 Å². The van der Waals surface area contributed by atoms with E-state index in [4.69, 9.17) is 21.1 Å². The first kappa shape index (κ1) is 24.4. The Kier molecular flexibility index (Phi) is 6.98. The van der Waals surface area contributed by atoms with Gasteiger partial charge in [-0.25, -0.2) is 9.69 Å². The van der Waals surface area contributed by atoms with Gasteiger partial charge in [-0.1, -0.05) is 29.8 Å². The number of nitro benzene ring substituents is 1. The fourth-order valence-electron chi connectivity index (χ4n) is 3.46. The quantitative estimate of drug-likeness (QED) is 0.216. The molecule has 3 aromatic rings. The third-order valence-electron chi connectivity index (χ3n) is 5.20. The zero-order valence-electron chi connectivity index (χ0n) is 18.8. The van der Waals surface area contributed by atoms with E-state index in [-0.39, 0.29) is 23.6 Å². The molecule has 11 heteroatoms. The number of carbonyl (C=O) groups is 3. The first-order chi connectivity index (χ1) is 17.3. The molecule has 1 aliphatic rings. The van der Waals surface area contributed by atoms with Crippen molar-refractivity contribution in [1.29, 1.82) is 0 Å². The zero-order valence-corrected chi connectivity index (χ0v) is 19.5. The molecule has 1 aliphatic heterocycles. The number of imide groups is 2. The average Bonchev–Trinajstić information content (AvgIpc) is 2.86. The van der Waals surface area contributed by atoms with E-state index in [0.29, 0.717) is 22.1 Å². The van der Waals surface area contributed by atoms with Crippen molar-refractivity contribution in [1.82, 2.24) is 5.32 Å². The molecular formula is C25H18ClN3O7. The predicted octanol–water partition coefficient (Wildman–Crippen LogP) is 4.50. The molecular weight excluding hydrogens is 490 g/mol. The van der Waals surface area contributed by atoms with Gasteiger partial charge in [0, 0.05) is 17.2 Å². The van der Waals surface area contributed by atoms with Crippen molar-refractivity contribution < 1.29 is 28.8 Å². The molecule has 0 radical (unpaired) electrons. The second kappa shape index (κ2) is 10.3. The van der Waals surface area contributed by atoms with Crippen molar-refractivity contribution in [2.75, 3.05) is 12.0 Å². The van der Waals surface area contributed by atoms with Crippen LogP contribution >= 0.6 is 11.6 Å². The lowest BCUT2D eigenvalue weighted by Crippen LogP contribution is -2.54. The molecule has 4 amide bonds. The maximum absolute atomic E-state index is 13.1. The van der Waals surface area contributed by atoms with Gasteiger partial charge >= 0.3 is 6.03 Å². The summed E-state index contributed by atoms with van der Waals surface area (Å²) in [5.74, 6) is -0.957. The van der Waals surface area contributed by atoms with E-state index in [1.54, 1.807) is 30.3 Å². The molecule has 0 saturated carbocycles. The number of anilines is 1. The summed E-state index contributed by atoms with van der Waals surface area (Å²) in [5.41, 5.74) is 0.862. The number of barbiturate groups is 1. The predicted molar refractivity (Wildman–Crippen MR) is 131 cm³/mol. The summed E-state index contributed by atoms with van der Waals surface area (Å²) in [4.78, 5) is 48.9. The summed E-state index contributed by atoms with van der Waals surface area (Å²) in [6, 6.07) is 15.9. The number of nitro groups is 1. The summed E-state index contributed by atoms with van der Waals surface area (Å²) in [6.07, 6.45) is 1.31. The fraction of sp³-hybridized carbons (Fsp3) is 0.0800. The van der Waals surface area contributed by atoms with Gasteiger partial charge in [0.15, 0.2) is 11.5 Å². The number of methoxy groups -OCH3 is 1. The molecule has 1 fully saturated rings. The summed E-state index contributed by atoms with van der Waals surface area (Å²) in [6.45, 7) is 0.241. The molecule has 36 heavy (non-hydrogen) atoms. The Morgan fingerprint density at radius 3 is 2.44 bits per heavy atom. The Morgan fingerprint density at radius 1 is 1.03 bits per heavy atom. The van der Waals surface area contributed by atoms with E-state index in [1.807, 2.05) is 12.1 Å². The van der Waals surface area contributed by atoms with E-state index in [1.165, 1.54) is 25.3 Å². The van der Waals surface area contributed by atoms with Crippen LogP contribution in [-0.4, -0.2) is 29.9 Å². The first-order valence-electron chi connectivity index (χ1n) is 10.5. The SMILES string of the molecule is COc1cc(/C=C2\C(=O)NC(=O)N(c3ccc([N+](=O)[O-])cc3)C2=O)ccc1OCc1cccc(Cl)c1. The summed E-state index contributed by atoms with van der Waals surface area (Å²) in [5, 5.41) is 13.6. The Morgan fingerprint density at radius 2 is 1.78 bits per heavy atom. The lowest BCUT2D eigenvalue weighted by atomic mass is 10.1. The van der Waals surface area contributed by atoms with Gasteiger partial charge in [-0.05, 0) is 53.6 Å². The van der Waals surface area contributed by atoms with Crippen LogP contribution in [0.4, 0.5) is 16.2 Å². The van der Waals surface area contributed by atoms with Crippen LogP contribution in [-0.2, 0) is 16.2 Å². The molecule has 1 saturated heterocycles. The van der Waals surface area contributed by atoms with Gasteiger partial charge in [-0.15, -0.1) is 0 Å². The van der Waals surface area contributed by atoms with Gasteiger partial charge in [0.2, 0.25) is 0 Å². The van der Waals surface area contributed by atoms with Crippen LogP contribution in [0.1, 0.15) is 11.1 Å². The number of ether oxygens (including phenoxy) is 2. The van der Waals surface area contributed by atoms with Crippen molar-refractivity contribution in [3.05, 3.63) is 98.6 Å². The highest BCUT2D eigenvalue weighted by molar-refractivity contribution is 6.39. The minimum Gasteiger partial charge on any atom is -0.493 e. The largest absolute Gasteiger partial charge is 0.493 e. The number of urea groups is 1. The van der Waals surface area contributed by atoms with Crippen molar-refractivity contribution >= 4 is 46.9 Å². The number of halogens is 1. The molecule has 1 heterocycles. The molecule has 3 aromatic carbocycles. The van der Waals surface area contributed by atoms with Gasteiger partial charge in [0.1, 0.15) is 12.2 Å². The standard InChI is InChI=1S/C25H18ClN3O7/c1-35-22-13-15(5-10-21(22)36-14-16-3-2-4-17(26)11-16)12-20-23(30)27-25(32)28(24(20)31)18-6-8-19(9-7-18)29(33)34/h2-13H,14H2,1H3,(H,27,30,32)/b20-12+. The number of carbonyl (C=O) groups excluding carboxylic acids is 3. The molecule has 4 rings (SSSR count). The minimum absolute atomic E-state index is 0.0730. The third-order valence-corrected chi connectivity index (χ3v) is 5.44. The lowest BCUT2D eigenvalue weighted by molar-refractivity contribution is -0.384. The number of nitrogens with zero attached hydrogens (tertiary/aromatic N) is 2. The Balaban J connectivity index is 1.58. The molecule has 0 aromatic heterocycles. The van der Waals surface area contributed by atoms with Gasteiger partial charge in [0.05, 0.1) is 17.7 Å².